The molecule has 2 rings (SSSR count). The van der Waals surface area contributed by atoms with Gasteiger partial charge in [-0.1, -0.05) is 11.6 Å². The molecule has 0 unspecified atom stereocenters. The Morgan fingerprint density at radius 2 is 2.12 bits per heavy atom. The maximum atomic E-state index is 12.1. The number of nitrogens with zero attached hydrogens (tertiary/aromatic N) is 1. The number of halogens is 4. The molecule has 0 aliphatic rings. The standard InChI is InChI=1S/C10H5BrClF2NO/c11-6-3-5-7(12)1-2-15-8(5)4-9(6)16-10(13)14/h1-4,10H. The first-order valence-electron chi connectivity index (χ1n) is 4.26. The van der Waals surface area contributed by atoms with Crippen molar-refractivity contribution in [3.63, 3.8) is 0 Å². The molecule has 0 aliphatic carbocycles. The molecule has 0 radical (unpaired) electrons. The molecule has 0 saturated heterocycles. The van der Waals surface area contributed by atoms with Crippen molar-refractivity contribution < 1.29 is 13.5 Å². The Labute approximate surface area is 103 Å². The van der Waals surface area contributed by atoms with E-state index < -0.39 is 6.61 Å². The van der Waals surface area contributed by atoms with Gasteiger partial charge < -0.3 is 4.74 Å². The highest BCUT2D eigenvalue weighted by Gasteiger charge is 2.11. The van der Waals surface area contributed by atoms with Gasteiger partial charge in [-0.25, -0.2) is 0 Å². The van der Waals surface area contributed by atoms with Crippen LogP contribution in [-0.2, 0) is 0 Å². The van der Waals surface area contributed by atoms with Crippen LogP contribution in [0.2, 0.25) is 5.02 Å². The van der Waals surface area contributed by atoms with Crippen molar-refractivity contribution in [3.8, 4) is 5.75 Å². The monoisotopic (exact) mass is 307 g/mol. The fraction of sp³-hybridized carbons (Fsp3) is 0.100. The molecule has 1 aromatic heterocycles. The number of pyridine rings is 1. The van der Waals surface area contributed by atoms with E-state index >= 15 is 0 Å². The molecule has 2 aromatic rings. The van der Waals surface area contributed by atoms with Gasteiger partial charge in [0.2, 0.25) is 0 Å². The van der Waals surface area contributed by atoms with Crippen LogP contribution in [0.25, 0.3) is 10.9 Å². The van der Waals surface area contributed by atoms with E-state index in [4.69, 9.17) is 11.6 Å². The van der Waals surface area contributed by atoms with Gasteiger partial charge in [-0.2, -0.15) is 8.78 Å². The van der Waals surface area contributed by atoms with Crippen molar-refractivity contribution in [1.29, 1.82) is 0 Å². The topological polar surface area (TPSA) is 22.1 Å². The van der Waals surface area contributed by atoms with E-state index in [0.717, 1.165) is 0 Å². The summed E-state index contributed by atoms with van der Waals surface area (Å²) in [4.78, 5) is 4.02. The van der Waals surface area contributed by atoms with Gasteiger partial charge in [-0.3, -0.25) is 4.98 Å². The highest BCUT2D eigenvalue weighted by atomic mass is 79.9. The fourth-order valence-electron chi connectivity index (χ4n) is 1.30. The minimum atomic E-state index is -2.87. The summed E-state index contributed by atoms with van der Waals surface area (Å²) in [6.07, 6.45) is 1.50. The average molecular weight is 309 g/mol. The Morgan fingerprint density at radius 3 is 2.81 bits per heavy atom. The summed E-state index contributed by atoms with van der Waals surface area (Å²) in [5.41, 5.74) is 0.506. The lowest BCUT2D eigenvalue weighted by molar-refractivity contribution is -0.0502. The number of aromatic nitrogens is 1. The Balaban J connectivity index is 2.58. The molecule has 6 heteroatoms. The Bertz CT molecular complexity index is 535. The fourth-order valence-corrected chi connectivity index (χ4v) is 1.94. The first kappa shape index (κ1) is 11.5. The molecule has 1 aromatic carbocycles. The van der Waals surface area contributed by atoms with E-state index in [0.29, 0.717) is 20.4 Å². The second-order valence-electron chi connectivity index (χ2n) is 2.97. The molecule has 0 N–H and O–H groups in total. The maximum Gasteiger partial charge on any atom is 0.387 e. The van der Waals surface area contributed by atoms with Gasteiger partial charge in [0, 0.05) is 17.6 Å². The van der Waals surface area contributed by atoms with Crippen LogP contribution < -0.4 is 4.74 Å². The van der Waals surface area contributed by atoms with Gasteiger partial charge in [-0.15, -0.1) is 0 Å². The Morgan fingerprint density at radius 1 is 1.38 bits per heavy atom. The number of rotatable bonds is 2. The van der Waals surface area contributed by atoms with E-state index in [-0.39, 0.29) is 5.75 Å². The summed E-state index contributed by atoms with van der Waals surface area (Å²) in [5.74, 6) is 0.0391. The molecule has 16 heavy (non-hydrogen) atoms. The van der Waals surface area contributed by atoms with E-state index in [9.17, 15) is 8.78 Å². The molecular weight excluding hydrogens is 303 g/mol. The molecule has 0 bridgehead atoms. The van der Waals surface area contributed by atoms with E-state index in [2.05, 4.69) is 25.7 Å². The third-order valence-corrected chi connectivity index (χ3v) is 2.91. The number of hydrogen-bond donors (Lipinski definition) is 0. The van der Waals surface area contributed by atoms with Gasteiger partial charge in [0.15, 0.2) is 0 Å². The number of fused-ring (bicyclic) bond motifs is 1. The normalized spacial score (nSPS) is 11.1. The van der Waals surface area contributed by atoms with Gasteiger partial charge >= 0.3 is 6.61 Å². The quantitative estimate of drug-likeness (QED) is 0.827. The molecule has 0 fully saturated rings. The van der Waals surface area contributed by atoms with E-state index in [1.54, 1.807) is 12.1 Å². The number of ether oxygens (including phenoxy) is 1. The predicted molar refractivity (Wildman–Crippen MR) is 61.1 cm³/mol. The van der Waals surface area contributed by atoms with Crippen LogP contribution in [0.5, 0.6) is 5.75 Å². The van der Waals surface area contributed by atoms with Crippen LogP contribution in [0.1, 0.15) is 0 Å². The lowest BCUT2D eigenvalue weighted by Crippen LogP contribution is -2.02. The predicted octanol–water partition coefficient (Wildman–Crippen LogP) is 4.25. The van der Waals surface area contributed by atoms with Crippen molar-refractivity contribution >= 4 is 38.4 Å². The lowest BCUT2D eigenvalue weighted by Gasteiger charge is -2.08. The summed E-state index contributed by atoms with van der Waals surface area (Å²) < 4.78 is 28.9. The second kappa shape index (κ2) is 4.51. The van der Waals surface area contributed by atoms with E-state index in [1.807, 2.05) is 0 Å². The highest BCUT2D eigenvalue weighted by Crippen LogP contribution is 2.33. The molecular formula is C10H5BrClF2NO. The number of hydrogen-bond acceptors (Lipinski definition) is 2. The van der Waals surface area contributed by atoms with Crippen molar-refractivity contribution in [2.24, 2.45) is 0 Å². The van der Waals surface area contributed by atoms with Crippen LogP contribution in [0.4, 0.5) is 8.78 Å². The van der Waals surface area contributed by atoms with Crippen LogP contribution in [-0.4, -0.2) is 11.6 Å². The SMILES string of the molecule is FC(F)Oc1cc2nccc(Cl)c2cc1Br. The van der Waals surface area contributed by atoms with Gasteiger partial charge in [-0.05, 0) is 28.1 Å². The van der Waals surface area contributed by atoms with Crippen molar-refractivity contribution in [3.05, 3.63) is 33.9 Å². The first-order chi connectivity index (χ1) is 7.58. The molecule has 0 saturated carbocycles. The summed E-state index contributed by atoms with van der Waals surface area (Å²) in [5, 5.41) is 1.19. The summed E-state index contributed by atoms with van der Waals surface area (Å²) in [7, 11) is 0. The smallest absolute Gasteiger partial charge is 0.387 e. The Hall–Kier alpha value is -0.940. The zero-order valence-corrected chi connectivity index (χ0v) is 10.1. The lowest BCUT2D eigenvalue weighted by atomic mass is 10.2. The van der Waals surface area contributed by atoms with Gasteiger partial charge in [0.05, 0.1) is 15.0 Å². The largest absolute Gasteiger partial charge is 0.434 e. The third-order valence-electron chi connectivity index (χ3n) is 1.96. The highest BCUT2D eigenvalue weighted by molar-refractivity contribution is 9.10. The second-order valence-corrected chi connectivity index (χ2v) is 4.23. The number of alkyl halides is 2. The van der Waals surface area contributed by atoms with Crippen molar-refractivity contribution in [2.75, 3.05) is 0 Å². The van der Waals surface area contributed by atoms with Crippen LogP contribution >= 0.6 is 27.5 Å². The zero-order valence-electron chi connectivity index (χ0n) is 7.75. The Kier molecular flexibility index (Phi) is 3.25. The molecule has 2 nitrogen and oxygen atoms in total. The minimum absolute atomic E-state index is 0.0391. The molecule has 0 atom stereocenters. The van der Waals surface area contributed by atoms with Gasteiger partial charge in [0.25, 0.3) is 0 Å². The van der Waals surface area contributed by atoms with Crippen molar-refractivity contribution in [2.45, 2.75) is 6.61 Å². The zero-order chi connectivity index (χ0) is 11.7. The molecule has 1 heterocycles. The maximum absolute atomic E-state index is 12.1. The molecule has 0 spiro atoms. The van der Waals surface area contributed by atoms with Crippen LogP contribution in [0.15, 0.2) is 28.9 Å². The minimum Gasteiger partial charge on any atom is -0.434 e. The summed E-state index contributed by atoms with van der Waals surface area (Å²) >= 11 is 9.07. The van der Waals surface area contributed by atoms with E-state index in [1.165, 1.54) is 12.3 Å². The summed E-state index contributed by atoms with van der Waals surface area (Å²) in [6.45, 7) is -2.87. The number of benzene rings is 1. The third kappa shape index (κ3) is 2.25. The van der Waals surface area contributed by atoms with Crippen LogP contribution in [0, 0.1) is 0 Å². The van der Waals surface area contributed by atoms with Crippen LogP contribution in [0.3, 0.4) is 0 Å². The first-order valence-corrected chi connectivity index (χ1v) is 5.43. The molecule has 0 amide bonds. The van der Waals surface area contributed by atoms with Gasteiger partial charge in [0.1, 0.15) is 5.75 Å². The average Bonchev–Trinajstić information content (AvgIpc) is 2.20. The summed E-state index contributed by atoms with van der Waals surface area (Å²) in [6, 6.07) is 4.64. The van der Waals surface area contributed by atoms with Crippen molar-refractivity contribution in [1.82, 2.24) is 4.98 Å². The molecule has 0 aliphatic heterocycles. The molecule has 84 valence electrons.